The average molecular weight is 311 g/mol. The van der Waals surface area contributed by atoms with E-state index in [9.17, 15) is 8.42 Å². The maximum Gasteiger partial charge on any atom is 0.154 e. The summed E-state index contributed by atoms with van der Waals surface area (Å²) in [7, 11) is -3.07. The van der Waals surface area contributed by atoms with E-state index in [1.165, 1.54) is 5.56 Å². The molecule has 120 valence electrons. The lowest BCUT2D eigenvalue weighted by Crippen LogP contribution is -2.32. The van der Waals surface area contributed by atoms with Crippen molar-refractivity contribution in [2.75, 3.05) is 12.3 Å². The Hall–Kier alpha value is -0.870. The zero-order valence-corrected chi connectivity index (χ0v) is 14.5. The fourth-order valence-electron chi connectivity index (χ4n) is 2.23. The van der Waals surface area contributed by atoms with E-state index in [4.69, 9.17) is 0 Å². The van der Waals surface area contributed by atoms with Crippen molar-refractivity contribution in [1.29, 1.82) is 0 Å². The van der Waals surface area contributed by atoms with Crippen LogP contribution in [0.2, 0.25) is 0 Å². The highest BCUT2D eigenvalue weighted by Crippen LogP contribution is 2.19. The summed E-state index contributed by atoms with van der Waals surface area (Å²) in [6.45, 7) is 8.76. The van der Waals surface area contributed by atoms with Crippen LogP contribution in [-0.2, 0) is 16.3 Å². The Bertz CT molecular complexity index is 508. The molecule has 0 saturated carbocycles. The van der Waals surface area contributed by atoms with Crippen molar-refractivity contribution >= 4 is 9.84 Å². The molecule has 0 aromatic heterocycles. The summed E-state index contributed by atoms with van der Waals surface area (Å²) in [5.41, 5.74) is 2.34. The van der Waals surface area contributed by atoms with E-state index >= 15 is 0 Å². The predicted molar refractivity (Wildman–Crippen MR) is 90.4 cm³/mol. The third kappa shape index (κ3) is 5.44. The Morgan fingerprint density at radius 2 is 1.71 bits per heavy atom. The Morgan fingerprint density at radius 3 is 2.19 bits per heavy atom. The molecule has 1 aromatic rings. The molecule has 21 heavy (non-hydrogen) atoms. The molecule has 2 atom stereocenters. The number of nitrogens with one attached hydrogen (secondary N) is 1. The summed E-state index contributed by atoms with van der Waals surface area (Å²) in [5, 5.41) is 3.10. The number of hydrogen-bond acceptors (Lipinski definition) is 3. The molecule has 0 bridgehead atoms. The van der Waals surface area contributed by atoms with E-state index in [-0.39, 0.29) is 17.0 Å². The number of aryl methyl sites for hydroxylation is 1. The second kappa shape index (κ2) is 8.54. The van der Waals surface area contributed by atoms with Crippen LogP contribution in [0.5, 0.6) is 0 Å². The van der Waals surface area contributed by atoms with Gasteiger partial charge in [0.25, 0.3) is 0 Å². The van der Waals surface area contributed by atoms with E-state index in [1.807, 2.05) is 6.92 Å². The van der Waals surface area contributed by atoms with E-state index in [0.717, 1.165) is 24.9 Å². The highest BCUT2D eigenvalue weighted by atomic mass is 32.2. The molecule has 2 unspecified atom stereocenters. The van der Waals surface area contributed by atoms with Gasteiger partial charge in [-0.15, -0.1) is 0 Å². The van der Waals surface area contributed by atoms with Crippen LogP contribution < -0.4 is 5.32 Å². The third-order valence-corrected chi connectivity index (χ3v) is 6.38. The molecule has 0 aliphatic rings. The van der Waals surface area contributed by atoms with Crippen molar-refractivity contribution in [3.63, 3.8) is 0 Å². The lowest BCUT2D eigenvalue weighted by Gasteiger charge is -2.21. The minimum atomic E-state index is -3.07. The first-order valence-corrected chi connectivity index (χ1v) is 9.69. The van der Waals surface area contributed by atoms with Gasteiger partial charge in [-0.1, -0.05) is 45.0 Å². The third-order valence-electron chi connectivity index (χ3n) is 4.02. The first-order chi connectivity index (χ1) is 9.94. The van der Waals surface area contributed by atoms with Crippen LogP contribution in [0.1, 0.15) is 57.7 Å². The van der Waals surface area contributed by atoms with Gasteiger partial charge in [0.15, 0.2) is 9.84 Å². The first-order valence-electron chi connectivity index (χ1n) is 7.98. The fraction of sp³-hybridized carbons (Fsp3) is 0.647. The SMILES string of the molecule is CCCNC(CS(=O)(=O)C(C)CC)c1ccc(CC)cc1. The Morgan fingerprint density at radius 1 is 1.10 bits per heavy atom. The van der Waals surface area contributed by atoms with Gasteiger partial charge < -0.3 is 5.32 Å². The summed E-state index contributed by atoms with van der Waals surface area (Å²) >= 11 is 0. The summed E-state index contributed by atoms with van der Waals surface area (Å²) in [4.78, 5) is 0. The summed E-state index contributed by atoms with van der Waals surface area (Å²) in [6.07, 6.45) is 2.66. The second-order valence-electron chi connectivity index (χ2n) is 5.65. The molecule has 0 heterocycles. The number of rotatable bonds is 9. The fourth-order valence-corrected chi connectivity index (χ4v) is 3.84. The van der Waals surface area contributed by atoms with Gasteiger partial charge in [0.2, 0.25) is 0 Å². The molecule has 1 N–H and O–H groups in total. The van der Waals surface area contributed by atoms with Crippen LogP contribution in [0, 0.1) is 0 Å². The highest BCUT2D eigenvalue weighted by Gasteiger charge is 2.24. The van der Waals surface area contributed by atoms with Crippen LogP contribution in [0.25, 0.3) is 0 Å². The molecule has 0 saturated heterocycles. The van der Waals surface area contributed by atoms with Gasteiger partial charge in [0.05, 0.1) is 11.0 Å². The minimum Gasteiger partial charge on any atom is -0.309 e. The maximum atomic E-state index is 12.4. The van der Waals surface area contributed by atoms with Crippen molar-refractivity contribution in [2.45, 2.75) is 58.2 Å². The number of hydrogen-bond donors (Lipinski definition) is 1. The Balaban J connectivity index is 2.94. The maximum absolute atomic E-state index is 12.4. The topological polar surface area (TPSA) is 46.2 Å². The van der Waals surface area contributed by atoms with Crippen LogP contribution >= 0.6 is 0 Å². The Kier molecular flexibility index (Phi) is 7.40. The van der Waals surface area contributed by atoms with Gasteiger partial charge in [-0.05, 0) is 43.9 Å². The molecular formula is C17H29NO2S. The smallest absolute Gasteiger partial charge is 0.154 e. The molecule has 0 aliphatic heterocycles. The van der Waals surface area contributed by atoms with Gasteiger partial charge in [0.1, 0.15) is 0 Å². The number of sulfone groups is 1. The van der Waals surface area contributed by atoms with Gasteiger partial charge in [-0.3, -0.25) is 0 Å². The van der Waals surface area contributed by atoms with Crippen molar-refractivity contribution in [2.24, 2.45) is 0 Å². The van der Waals surface area contributed by atoms with E-state index in [1.54, 1.807) is 6.92 Å². The molecule has 3 nitrogen and oxygen atoms in total. The van der Waals surface area contributed by atoms with E-state index < -0.39 is 9.84 Å². The van der Waals surface area contributed by atoms with Gasteiger partial charge in [0, 0.05) is 6.04 Å². The van der Waals surface area contributed by atoms with Crippen LogP contribution in [0.3, 0.4) is 0 Å². The molecule has 0 spiro atoms. The number of benzene rings is 1. The second-order valence-corrected chi connectivity index (χ2v) is 8.11. The normalized spacial score (nSPS) is 14.9. The molecular weight excluding hydrogens is 282 g/mol. The molecule has 4 heteroatoms. The van der Waals surface area contributed by atoms with Crippen LogP contribution in [-0.4, -0.2) is 26.0 Å². The van der Waals surface area contributed by atoms with Crippen LogP contribution in [0.15, 0.2) is 24.3 Å². The van der Waals surface area contributed by atoms with E-state index in [2.05, 4.69) is 43.4 Å². The molecule has 0 fully saturated rings. The van der Waals surface area contributed by atoms with Crippen molar-refractivity contribution in [3.8, 4) is 0 Å². The monoisotopic (exact) mass is 311 g/mol. The lowest BCUT2D eigenvalue weighted by molar-refractivity contribution is 0.538. The first kappa shape index (κ1) is 18.2. The van der Waals surface area contributed by atoms with E-state index in [0.29, 0.717) is 6.42 Å². The zero-order chi connectivity index (χ0) is 15.9. The van der Waals surface area contributed by atoms with Crippen LogP contribution in [0.4, 0.5) is 0 Å². The largest absolute Gasteiger partial charge is 0.309 e. The zero-order valence-electron chi connectivity index (χ0n) is 13.7. The predicted octanol–water partition coefficient (Wildman–Crippen LogP) is 3.50. The van der Waals surface area contributed by atoms with Gasteiger partial charge >= 0.3 is 0 Å². The van der Waals surface area contributed by atoms with Gasteiger partial charge in [-0.2, -0.15) is 0 Å². The molecule has 0 amide bonds. The molecule has 1 rings (SSSR count). The Labute approximate surface area is 130 Å². The quantitative estimate of drug-likeness (QED) is 0.759. The molecule has 1 aromatic carbocycles. The standard InChI is InChI=1S/C17H29NO2S/c1-5-12-18-17(13-21(19,20)14(4)6-2)16-10-8-15(7-3)9-11-16/h8-11,14,17-18H,5-7,12-13H2,1-4H3. The summed E-state index contributed by atoms with van der Waals surface area (Å²) in [5.74, 6) is 0.174. The molecule has 0 radical (unpaired) electrons. The average Bonchev–Trinajstić information content (AvgIpc) is 2.50. The summed E-state index contributed by atoms with van der Waals surface area (Å²) in [6, 6.07) is 8.17. The highest BCUT2D eigenvalue weighted by molar-refractivity contribution is 7.92. The minimum absolute atomic E-state index is 0.116. The van der Waals surface area contributed by atoms with Crippen molar-refractivity contribution < 1.29 is 8.42 Å². The lowest BCUT2D eigenvalue weighted by atomic mass is 10.0. The van der Waals surface area contributed by atoms with Crippen molar-refractivity contribution in [3.05, 3.63) is 35.4 Å². The van der Waals surface area contributed by atoms with Gasteiger partial charge in [-0.25, -0.2) is 8.42 Å². The van der Waals surface area contributed by atoms with Crippen molar-refractivity contribution in [1.82, 2.24) is 5.32 Å². The molecule has 0 aliphatic carbocycles. The summed E-state index contributed by atoms with van der Waals surface area (Å²) < 4.78 is 24.8.